The van der Waals surface area contributed by atoms with Crippen LogP contribution >= 0.6 is 27.5 Å². The van der Waals surface area contributed by atoms with E-state index in [2.05, 4.69) is 36.3 Å². The molecule has 1 aromatic heterocycles. The molecule has 1 aliphatic rings. The standard InChI is InChI=1S/C14H11BrClN5/c15-9-6-12-8(5-10(9)16)14(11-3-1-2-4-18-11)19-7-13(20-12)21-17/h1-6H,7,17H2,(H,20,21). The molecule has 0 atom stereocenters. The van der Waals surface area contributed by atoms with E-state index in [0.717, 1.165) is 27.1 Å². The van der Waals surface area contributed by atoms with Gasteiger partial charge in [-0.1, -0.05) is 17.7 Å². The summed E-state index contributed by atoms with van der Waals surface area (Å²) in [6.45, 7) is 0.353. The molecular weight excluding hydrogens is 354 g/mol. The van der Waals surface area contributed by atoms with Gasteiger partial charge in [-0.3, -0.25) is 9.98 Å². The molecule has 3 rings (SSSR count). The average Bonchev–Trinajstić information content (AvgIpc) is 2.68. The van der Waals surface area contributed by atoms with E-state index in [1.165, 1.54) is 0 Å². The van der Waals surface area contributed by atoms with Gasteiger partial charge in [0.05, 0.1) is 28.7 Å². The number of aromatic nitrogens is 1. The Bertz CT molecular complexity index is 743. The largest absolute Gasteiger partial charge is 0.310 e. The van der Waals surface area contributed by atoms with Crippen LogP contribution in [-0.2, 0) is 0 Å². The van der Waals surface area contributed by atoms with Crippen LogP contribution in [0.5, 0.6) is 0 Å². The monoisotopic (exact) mass is 363 g/mol. The van der Waals surface area contributed by atoms with E-state index in [1.54, 1.807) is 6.20 Å². The Labute approximate surface area is 135 Å². The topological polar surface area (TPSA) is 75.7 Å². The fourth-order valence-electron chi connectivity index (χ4n) is 2.04. The Hall–Kier alpha value is -1.76. The molecule has 5 nitrogen and oxygen atoms in total. The third kappa shape index (κ3) is 2.83. The number of nitrogens with two attached hydrogens (primary N) is 1. The Morgan fingerprint density at radius 1 is 1.29 bits per heavy atom. The lowest BCUT2D eigenvalue weighted by Crippen LogP contribution is -2.32. The molecule has 3 N–H and O–H groups in total. The van der Waals surface area contributed by atoms with E-state index in [0.29, 0.717) is 17.4 Å². The van der Waals surface area contributed by atoms with Gasteiger partial charge in [0.25, 0.3) is 0 Å². The number of hydrogen-bond acceptors (Lipinski definition) is 5. The minimum Gasteiger partial charge on any atom is -0.310 e. The number of hydrogen-bond donors (Lipinski definition) is 2. The number of hydrazine groups is 1. The third-order valence-corrected chi connectivity index (χ3v) is 4.21. The van der Waals surface area contributed by atoms with Crippen molar-refractivity contribution < 1.29 is 0 Å². The maximum Gasteiger partial charge on any atom is 0.138 e. The molecule has 1 aliphatic heterocycles. The molecule has 21 heavy (non-hydrogen) atoms. The number of amidine groups is 1. The van der Waals surface area contributed by atoms with Crippen LogP contribution in [0.3, 0.4) is 0 Å². The maximum absolute atomic E-state index is 6.21. The van der Waals surface area contributed by atoms with Crippen LogP contribution < -0.4 is 11.3 Å². The van der Waals surface area contributed by atoms with Crippen LogP contribution in [0, 0.1) is 0 Å². The normalized spacial score (nSPS) is 13.9. The SMILES string of the molecule is NNC1=Nc2cc(Br)c(Cl)cc2C(c2ccccn2)=NC1. The van der Waals surface area contributed by atoms with Gasteiger partial charge in [0, 0.05) is 16.2 Å². The molecular formula is C14H11BrClN5. The molecule has 0 radical (unpaired) electrons. The van der Waals surface area contributed by atoms with Crippen LogP contribution in [0.2, 0.25) is 5.02 Å². The molecule has 1 aromatic carbocycles. The number of pyridine rings is 1. The predicted molar refractivity (Wildman–Crippen MR) is 88.3 cm³/mol. The van der Waals surface area contributed by atoms with Crippen molar-refractivity contribution >= 4 is 44.8 Å². The predicted octanol–water partition coefficient (Wildman–Crippen LogP) is 2.84. The van der Waals surface area contributed by atoms with Gasteiger partial charge in [-0.25, -0.2) is 10.8 Å². The molecule has 0 bridgehead atoms. The average molecular weight is 365 g/mol. The maximum atomic E-state index is 6.21. The third-order valence-electron chi connectivity index (χ3n) is 3.01. The van der Waals surface area contributed by atoms with E-state index in [9.17, 15) is 0 Å². The molecule has 0 saturated heterocycles. The fourth-order valence-corrected chi connectivity index (χ4v) is 2.53. The molecule has 0 aliphatic carbocycles. The second-order valence-electron chi connectivity index (χ2n) is 4.37. The van der Waals surface area contributed by atoms with E-state index < -0.39 is 0 Å². The van der Waals surface area contributed by atoms with Crippen LogP contribution in [0.1, 0.15) is 11.3 Å². The summed E-state index contributed by atoms with van der Waals surface area (Å²) in [7, 11) is 0. The fraction of sp³-hybridized carbons (Fsp3) is 0.0714. The first-order valence-corrected chi connectivity index (χ1v) is 7.35. The minimum absolute atomic E-state index is 0.353. The van der Waals surface area contributed by atoms with E-state index in [4.69, 9.17) is 17.4 Å². The van der Waals surface area contributed by atoms with Gasteiger partial charge < -0.3 is 5.43 Å². The molecule has 0 amide bonds. The summed E-state index contributed by atoms with van der Waals surface area (Å²) >= 11 is 9.62. The molecule has 0 fully saturated rings. The van der Waals surface area contributed by atoms with Crippen molar-refractivity contribution in [3.05, 3.63) is 57.3 Å². The van der Waals surface area contributed by atoms with Gasteiger partial charge in [-0.15, -0.1) is 0 Å². The molecule has 2 aromatic rings. The lowest BCUT2D eigenvalue weighted by atomic mass is 10.0. The van der Waals surface area contributed by atoms with Gasteiger partial charge in [-0.2, -0.15) is 0 Å². The summed E-state index contributed by atoms with van der Waals surface area (Å²) in [6, 6.07) is 9.36. The van der Waals surface area contributed by atoms with E-state index in [1.807, 2.05) is 30.3 Å². The summed E-state index contributed by atoms with van der Waals surface area (Å²) in [6.07, 6.45) is 1.73. The summed E-state index contributed by atoms with van der Waals surface area (Å²) in [4.78, 5) is 13.4. The summed E-state index contributed by atoms with van der Waals surface area (Å²) in [5, 5.41) is 0.594. The first-order chi connectivity index (χ1) is 10.2. The van der Waals surface area contributed by atoms with Crippen LogP contribution in [0.4, 0.5) is 5.69 Å². The van der Waals surface area contributed by atoms with E-state index >= 15 is 0 Å². The Morgan fingerprint density at radius 3 is 2.86 bits per heavy atom. The highest BCUT2D eigenvalue weighted by Crippen LogP contribution is 2.33. The zero-order valence-electron chi connectivity index (χ0n) is 10.8. The van der Waals surface area contributed by atoms with Crippen molar-refractivity contribution in [2.75, 3.05) is 6.54 Å². The number of fused-ring (bicyclic) bond motifs is 1. The van der Waals surface area contributed by atoms with Crippen molar-refractivity contribution in [3.8, 4) is 0 Å². The smallest absolute Gasteiger partial charge is 0.138 e. The minimum atomic E-state index is 0.353. The first-order valence-electron chi connectivity index (χ1n) is 6.18. The quantitative estimate of drug-likeness (QED) is 0.603. The molecule has 0 saturated carbocycles. The summed E-state index contributed by atoms with van der Waals surface area (Å²) in [5.74, 6) is 6.06. The molecule has 2 heterocycles. The lowest BCUT2D eigenvalue weighted by molar-refractivity contribution is 0.992. The number of nitrogens with one attached hydrogen (secondary N) is 1. The van der Waals surface area contributed by atoms with Crippen LogP contribution in [0.25, 0.3) is 0 Å². The summed E-state index contributed by atoms with van der Waals surface area (Å²) < 4.78 is 0.769. The van der Waals surface area contributed by atoms with Crippen LogP contribution in [0.15, 0.2) is 51.0 Å². The lowest BCUT2D eigenvalue weighted by Gasteiger charge is -2.09. The number of nitrogens with zero attached hydrogens (tertiary/aromatic N) is 3. The van der Waals surface area contributed by atoms with Crippen molar-refractivity contribution in [2.45, 2.75) is 0 Å². The van der Waals surface area contributed by atoms with Crippen molar-refractivity contribution in [3.63, 3.8) is 0 Å². The second-order valence-corrected chi connectivity index (χ2v) is 5.63. The van der Waals surface area contributed by atoms with Crippen molar-refractivity contribution in [2.24, 2.45) is 15.8 Å². The zero-order valence-corrected chi connectivity index (χ0v) is 13.2. The molecule has 0 spiro atoms. The molecule has 106 valence electrons. The van der Waals surface area contributed by atoms with Gasteiger partial charge in [-0.05, 0) is 40.2 Å². The highest BCUT2D eigenvalue weighted by Gasteiger charge is 2.18. The van der Waals surface area contributed by atoms with Crippen LogP contribution in [-0.4, -0.2) is 23.1 Å². The Balaban J connectivity index is 2.22. The highest BCUT2D eigenvalue weighted by molar-refractivity contribution is 9.10. The number of halogens is 2. The molecule has 7 heteroatoms. The zero-order chi connectivity index (χ0) is 14.8. The van der Waals surface area contributed by atoms with Crippen molar-refractivity contribution in [1.82, 2.24) is 10.4 Å². The molecule has 0 unspecified atom stereocenters. The van der Waals surface area contributed by atoms with Gasteiger partial charge in [0.1, 0.15) is 5.84 Å². The second kappa shape index (κ2) is 5.93. The van der Waals surface area contributed by atoms with Crippen molar-refractivity contribution in [1.29, 1.82) is 0 Å². The van der Waals surface area contributed by atoms with Gasteiger partial charge >= 0.3 is 0 Å². The Kier molecular flexibility index (Phi) is 4.01. The van der Waals surface area contributed by atoms with Gasteiger partial charge in [0.15, 0.2) is 0 Å². The number of rotatable bonds is 1. The van der Waals surface area contributed by atoms with E-state index in [-0.39, 0.29) is 0 Å². The highest BCUT2D eigenvalue weighted by atomic mass is 79.9. The van der Waals surface area contributed by atoms with Gasteiger partial charge in [0.2, 0.25) is 0 Å². The number of benzene rings is 1. The Morgan fingerprint density at radius 2 is 2.14 bits per heavy atom. The summed E-state index contributed by atoms with van der Waals surface area (Å²) in [5.41, 5.74) is 5.64. The first kappa shape index (κ1) is 14.2. The number of aliphatic imine (C=N–C) groups is 2.